The van der Waals surface area contributed by atoms with E-state index in [1.807, 2.05) is 13.0 Å². The van der Waals surface area contributed by atoms with Crippen LogP contribution in [0.1, 0.15) is 34.9 Å². The standard InChI is InChI=1S/C14H17N3O3/c1-8-13-9(7-18)3-2-4-10(13)17(16-8)11-5-6-12(19)15-14(11)20/h2-4,7,11-12,14-15,19-20H,5-6H2,1H3. The second-order valence-corrected chi connectivity index (χ2v) is 5.16. The van der Waals surface area contributed by atoms with Gasteiger partial charge in [0.1, 0.15) is 12.5 Å². The number of aliphatic hydroxyl groups is 2. The van der Waals surface area contributed by atoms with Gasteiger partial charge in [-0.1, -0.05) is 12.1 Å². The molecule has 0 saturated carbocycles. The molecule has 1 aromatic heterocycles. The molecular weight excluding hydrogens is 258 g/mol. The average molecular weight is 275 g/mol. The van der Waals surface area contributed by atoms with Gasteiger partial charge in [-0.3, -0.25) is 14.8 Å². The van der Waals surface area contributed by atoms with E-state index in [2.05, 4.69) is 10.4 Å². The van der Waals surface area contributed by atoms with E-state index in [9.17, 15) is 15.0 Å². The highest BCUT2D eigenvalue weighted by Gasteiger charge is 2.30. The molecule has 1 fully saturated rings. The number of carbonyl (C=O) groups is 1. The normalized spacial score (nSPS) is 26.9. The third-order valence-electron chi connectivity index (χ3n) is 3.85. The minimum absolute atomic E-state index is 0.253. The quantitative estimate of drug-likeness (QED) is 0.703. The van der Waals surface area contributed by atoms with Crippen molar-refractivity contribution < 1.29 is 15.0 Å². The summed E-state index contributed by atoms with van der Waals surface area (Å²) >= 11 is 0. The Kier molecular flexibility index (Phi) is 3.29. The molecule has 3 atom stereocenters. The zero-order chi connectivity index (χ0) is 14.3. The lowest BCUT2D eigenvalue weighted by Crippen LogP contribution is -2.48. The molecule has 1 aromatic carbocycles. The Balaban J connectivity index is 2.11. The minimum Gasteiger partial charge on any atom is -0.379 e. The van der Waals surface area contributed by atoms with Crippen LogP contribution < -0.4 is 5.32 Å². The highest BCUT2D eigenvalue weighted by atomic mass is 16.3. The van der Waals surface area contributed by atoms with E-state index in [1.54, 1.807) is 16.8 Å². The molecule has 1 saturated heterocycles. The number of carbonyl (C=O) groups excluding carboxylic acids is 1. The number of hydrogen-bond acceptors (Lipinski definition) is 5. The highest BCUT2D eigenvalue weighted by molar-refractivity contribution is 5.98. The number of aromatic nitrogens is 2. The van der Waals surface area contributed by atoms with Crippen molar-refractivity contribution >= 4 is 17.2 Å². The molecule has 0 bridgehead atoms. The molecule has 2 aromatic rings. The number of rotatable bonds is 2. The number of piperidine rings is 1. The number of aliphatic hydroxyl groups excluding tert-OH is 2. The number of nitrogens with zero attached hydrogens (tertiary/aromatic N) is 2. The summed E-state index contributed by atoms with van der Waals surface area (Å²) in [6.45, 7) is 1.85. The van der Waals surface area contributed by atoms with Crippen molar-refractivity contribution in [3.8, 4) is 0 Å². The van der Waals surface area contributed by atoms with Crippen LogP contribution in [0, 0.1) is 6.92 Å². The SMILES string of the molecule is Cc1nn(C2CCC(O)NC2O)c2cccc(C=O)c12. The van der Waals surface area contributed by atoms with Gasteiger partial charge in [0, 0.05) is 10.9 Å². The largest absolute Gasteiger partial charge is 0.379 e. The summed E-state index contributed by atoms with van der Waals surface area (Å²) in [4.78, 5) is 11.1. The Labute approximate surface area is 116 Å². The Hall–Kier alpha value is -1.76. The van der Waals surface area contributed by atoms with E-state index in [-0.39, 0.29) is 6.04 Å². The Bertz CT molecular complexity index is 652. The predicted octanol–water partition coefficient (Wildman–Crippen LogP) is 0.719. The van der Waals surface area contributed by atoms with E-state index >= 15 is 0 Å². The van der Waals surface area contributed by atoms with E-state index < -0.39 is 12.5 Å². The molecule has 6 heteroatoms. The van der Waals surface area contributed by atoms with Crippen molar-refractivity contribution in [1.82, 2.24) is 15.1 Å². The molecule has 3 rings (SSSR count). The third kappa shape index (κ3) is 2.02. The predicted molar refractivity (Wildman–Crippen MR) is 73.3 cm³/mol. The summed E-state index contributed by atoms with van der Waals surface area (Å²) in [5.74, 6) is 0. The zero-order valence-electron chi connectivity index (χ0n) is 11.2. The van der Waals surface area contributed by atoms with Crippen LogP contribution in [0.3, 0.4) is 0 Å². The van der Waals surface area contributed by atoms with Crippen molar-refractivity contribution in [3.05, 3.63) is 29.5 Å². The van der Waals surface area contributed by atoms with Crippen molar-refractivity contribution in [2.75, 3.05) is 0 Å². The number of nitrogens with one attached hydrogen (secondary N) is 1. The van der Waals surface area contributed by atoms with Crippen molar-refractivity contribution in [2.45, 2.75) is 38.3 Å². The van der Waals surface area contributed by atoms with Crippen LogP contribution in [0.5, 0.6) is 0 Å². The molecule has 20 heavy (non-hydrogen) atoms. The third-order valence-corrected chi connectivity index (χ3v) is 3.85. The van der Waals surface area contributed by atoms with Crippen molar-refractivity contribution in [2.24, 2.45) is 0 Å². The maximum Gasteiger partial charge on any atom is 0.150 e. The Morgan fingerprint density at radius 1 is 1.40 bits per heavy atom. The number of aryl methyl sites for hydroxylation is 1. The first-order chi connectivity index (χ1) is 9.61. The van der Waals surface area contributed by atoms with Crippen LogP contribution in [-0.2, 0) is 0 Å². The fourth-order valence-electron chi connectivity index (χ4n) is 2.89. The zero-order valence-corrected chi connectivity index (χ0v) is 11.2. The number of benzene rings is 1. The van der Waals surface area contributed by atoms with E-state index in [0.717, 1.165) is 22.9 Å². The fraction of sp³-hybridized carbons (Fsp3) is 0.429. The fourth-order valence-corrected chi connectivity index (χ4v) is 2.89. The molecule has 6 nitrogen and oxygen atoms in total. The lowest BCUT2D eigenvalue weighted by Gasteiger charge is -2.32. The summed E-state index contributed by atoms with van der Waals surface area (Å²) in [5, 5.41) is 27.6. The van der Waals surface area contributed by atoms with Gasteiger partial charge in [-0.25, -0.2) is 0 Å². The van der Waals surface area contributed by atoms with Crippen LogP contribution in [0.25, 0.3) is 10.9 Å². The molecule has 3 unspecified atom stereocenters. The summed E-state index contributed by atoms with van der Waals surface area (Å²) in [6, 6.07) is 5.20. The molecular formula is C14H17N3O3. The molecule has 1 aliphatic heterocycles. The number of fused-ring (bicyclic) bond motifs is 1. The minimum atomic E-state index is -0.860. The van der Waals surface area contributed by atoms with Crippen LogP contribution in [-0.4, -0.2) is 38.7 Å². The average Bonchev–Trinajstić information content (AvgIpc) is 2.76. The lowest BCUT2D eigenvalue weighted by atomic mass is 10.0. The van der Waals surface area contributed by atoms with E-state index in [0.29, 0.717) is 18.4 Å². The van der Waals surface area contributed by atoms with Gasteiger partial charge in [-0.15, -0.1) is 0 Å². The van der Waals surface area contributed by atoms with Crippen molar-refractivity contribution in [1.29, 1.82) is 0 Å². The molecule has 0 aliphatic carbocycles. The molecule has 3 N–H and O–H groups in total. The summed E-state index contributed by atoms with van der Waals surface area (Å²) in [5.41, 5.74) is 2.19. The van der Waals surface area contributed by atoms with Gasteiger partial charge in [-0.05, 0) is 25.8 Å². The summed E-state index contributed by atoms with van der Waals surface area (Å²) in [7, 11) is 0. The second kappa shape index (κ2) is 4.97. The van der Waals surface area contributed by atoms with E-state index in [4.69, 9.17) is 0 Å². The smallest absolute Gasteiger partial charge is 0.150 e. The van der Waals surface area contributed by atoms with Gasteiger partial charge in [0.05, 0.1) is 17.3 Å². The van der Waals surface area contributed by atoms with Crippen LogP contribution in [0.15, 0.2) is 18.2 Å². The Morgan fingerprint density at radius 3 is 2.90 bits per heavy atom. The molecule has 106 valence electrons. The van der Waals surface area contributed by atoms with Gasteiger partial charge in [0.15, 0.2) is 6.29 Å². The first-order valence-corrected chi connectivity index (χ1v) is 6.67. The van der Waals surface area contributed by atoms with Crippen LogP contribution >= 0.6 is 0 Å². The highest BCUT2D eigenvalue weighted by Crippen LogP contribution is 2.29. The number of hydrogen-bond donors (Lipinski definition) is 3. The molecule has 2 heterocycles. The van der Waals surface area contributed by atoms with Gasteiger partial charge in [0.25, 0.3) is 0 Å². The topological polar surface area (TPSA) is 87.4 Å². The van der Waals surface area contributed by atoms with Gasteiger partial charge in [0.2, 0.25) is 0 Å². The molecule has 0 radical (unpaired) electrons. The number of aldehydes is 1. The van der Waals surface area contributed by atoms with Gasteiger partial charge in [-0.2, -0.15) is 5.10 Å². The maximum absolute atomic E-state index is 11.1. The summed E-state index contributed by atoms with van der Waals surface area (Å²) < 4.78 is 1.75. The Morgan fingerprint density at radius 2 is 2.20 bits per heavy atom. The first kappa shape index (κ1) is 13.2. The second-order valence-electron chi connectivity index (χ2n) is 5.16. The molecule has 0 amide bonds. The van der Waals surface area contributed by atoms with Gasteiger partial charge < -0.3 is 10.2 Å². The maximum atomic E-state index is 11.1. The summed E-state index contributed by atoms with van der Waals surface area (Å²) in [6.07, 6.45) is 0.448. The first-order valence-electron chi connectivity index (χ1n) is 6.67. The molecule has 0 spiro atoms. The molecule has 1 aliphatic rings. The monoisotopic (exact) mass is 275 g/mol. The lowest BCUT2D eigenvalue weighted by molar-refractivity contribution is -0.0297. The van der Waals surface area contributed by atoms with E-state index in [1.165, 1.54) is 0 Å². The van der Waals surface area contributed by atoms with Gasteiger partial charge >= 0.3 is 0 Å². The van der Waals surface area contributed by atoms with Crippen molar-refractivity contribution in [3.63, 3.8) is 0 Å². The van der Waals surface area contributed by atoms with Crippen LogP contribution in [0.4, 0.5) is 0 Å². The van der Waals surface area contributed by atoms with Crippen LogP contribution in [0.2, 0.25) is 0 Å².